The number of likely N-dealkylation sites (tertiary alicyclic amines) is 1. The fraction of sp³-hybridized carbons (Fsp3) is 0.333. The van der Waals surface area contributed by atoms with Crippen molar-refractivity contribution in [1.82, 2.24) is 19.4 Å². The van der Waals surface area contributed by atoms with Crippen LogP contribution < -0.4 is 0 Å². The highest BCUT2D eigenvalue weighted by atomic mass is 16.2. The number of amides is 1. The summed E-state index contributed by atoms with van der Waals surface area (Å²) < 4.78 is 2.11. The molecule has 0 aliphatic carbocycles. The third-order valence-electron chi connectivity index (χ3n) is 4.74. The molecule has 4 rings (SSSR count). The van der Waals surface area contributed by atoms with E-state index in [9.17, 15) is 4.79 Å². The predicted molar refractivity (Wildman–Crippen MR) is 89.4 cm³/mol. The van der Waals surface area contributed by atoms with Crippen molar-refractivity contribution < 1.29 is 4.79 Å². The van der Waals surface area contributed by atoms with Gasteiger partial charge in [0, 0.05) is 42.1 Å². The van der Waals surface area contributed by atoms with Crippen molar-refractivity contribution >= 4 is 16.8 Å². The van der Waals surface area contributed by atoms with E-state index < -0.39 is 0 Å². The van der Waals surface area contributed by atoms with E-state index in [-0.39, 0.29) is 5.91 Å². The van der Waals surface area contributed by atoms with Crippen LogP contribution in [0, 0.1) is 6.92 Å². The van der Waals surface area contributed by atoms with Gasteiger partial charge in [-0.15, -0.1) is 0 Å². The Bertz CT molecular complexity index is 834. The van der Waals surface area contributed by atoms with Gasteiger partial charge < -0.3 is 14.5 Å². The molecule has 1 amide bonds. The van der Waals surface area contributed by atoms with Crippen LogP contribution in [0.15, 0.2) is 43.0 Å². The maximum atomic E-state index is 13.1. The minimum atomic E-state index is 0.129. The molecule has 3 aromatic rings. The molecule has 3 heterocycles. The van der Waals surface area contributed by atoms with Crippen molar-refractivity contribution in [2.24, 2.45) is 0 Å². The van der Waals surface area contributed by atoms with Gasteiger partial charge >= 0.3 is 0 Å². The summed E-state index contributed by atoms with van der Waals surface area (Å²) in [6, 6.07) is 8.33. The zero-order valence-electron chi connectivity index (χ0n) is 13.2. The molecular formula is C18H20N4O. The normalized spacial score (nSPS) is 18.5. The van der Waals surface area contributed by atoms with E-state index in [1.807, 2.05) is 48.6 Å². The van der Waals surface area contributed by atoms with Crippen molar-refractivity contribution in [1.29, 1.82) is 0 Å². The molecule has 0 saturated carbocycles. The Morgan fingerprint density at radius 3 is 3.04 bits per heavy atom. The zero-order chi connectivity index (χ0) is 15.8. The number of hydrogen-bond donors (Lipinski definition) is 1. The van der Waals surface area contributed by atoms with Crippen LogP contribution in [0.5, 0.6) is 0 Å². The van der Waals surface area contributed by atoms with Gasteiger partial charge in [0.15, 0.2) is 0 Å². The summed E-state index contributed by atoms with van der Waals surface area (Å²) >= 11 is 0. The van der Waals surface area contributed by atoms with Crippen molar-refractivity contribution in [2.75, 3.05) is 13.1 Å². The Hall–Kier alpha value is -2.56. The van der Waals surface area contributed by atoms with E-state index in [4.69, 9.17) is 0 Å². The highest BCUT2D eigenvalue weighted by Gasteiger charge is 2.27. The number of H-pyrrole nitrogens is 1. The molecule has 5 heteroatoms. The van der Waals surface area contributed by atoms with Gasteiger partial charge in [0.1, 0.15) is 0 Å². The molecule has 0 bridgehead atoms. The molecule has 1 N–H and O–H groups in total. The molecule has 2 aromatic heterocycles. The van der Waals surface area contributed by atoms with E-state index in [2.05, 4.69) is 14.5 Å². The molecule has 1 aromatic carbocycles. The number of nitrogens with zero attached hydrogens (tertiary/aromatic N) is 3. The molecule has 1 aliphatic heterocycles. The van der Waals surface area contributed by atoms with Gasteiger partial charge in [0.05, 0.1) is 17.9 Å². The molecule has 0 spiro atoms. The second-order valence-electron chi connectivity index (χ2n) is 6.23. The minimum Gasteiger partial charge on any atom is -0.358 e. The van der Waals surface area contributed by atoms with E-state index in [1.54, 1.807) is 6.20 Å². The van der Waals surface area contributed by atoms with Crippen LogP contribution in [-0.4, -0.2) is 38.4 Å². The Balaban J connectivity index is 1.64. The summed E-state index contributed by atoms with van der Waals surface area (Å²) in [4.78, 5) is 22.5. The number of aromatic amines is 1. The fourth-order valence-electron chi connectivity index (χ4n) is 3.58. The number of carbonyl (C=O) groups excluding carboxylic acids is 1. The summed E-state index contributed by atoms with van der Waals surface area (Å²) in [6.45, 7) is 3.54. The Morgan fingerprint density at radius 1 is 1.35 bits per heavy atom. The molecule has 1 atom stereocenters. The second-order valence-corrected chi connectivity index (χ2v) is 6.23. The smallest absolute Gasteiger partial charge is 0.256 e. The maximum Gasteiger partial charge on any atom is 0.256 e. The molecule has 5 nitrogen and oxygen atoms in total. The summed E-state index contributed by atoms with van der Waals surface area (Å²) in [7, 11) is 0. The molecule has 0 unspecified atom stereocenters. The van der Waals surface area contributed by atoms with Crippen LogP contribution >= 0.6 is 0 Å². The number of para-hydroxylation sites is 1. The summed E-state index contributed by atoms with van der Waals surface area (Å²) in [5.74, 6) is 0.129. The van der Waals surface area contributed by atoms with E-state index in [0.29, 0.717) is 6.04 Å². The number of aryl methyl sites for hydroxylation is 1. The van der Waals surface area contributed by atoms with Gasteiger partial charge in [0.25, 0.3) is 5.91 Å². The standard InChI is InChI=1S/C18H20N4O/c1-13-17(15-6-2-3-7-16(15)20-13)18(23)21-9-4-5-14(11-21)22-10-8-19-12-22/h2-3,6-8,10,12,14,20H,4-5,9,11H2,1H3/t14-/m0/s1. The van der Waals surface area contributed by atoms with Gasteiger partial charge in [-0.2, -0.15) is 0 Å². The quantitative estimate of drug-likeness (QED) is 0.790. The average Bonchev–Trinajstić information content (AvgIpc) is 3.21. The van der Waals surface area contributed by atoms with Crippen LogP contribution in [0.25, 0.3) is 10.9 Å². The van der Waals surface area contributed by atoms with E-state index in [0.717, 1.165) is 48.1 Å². The number of carbonyl (C=O) groups is 1. The van der Waals surface area contributed by atoms with Crippen molar-refractivity contribution in [3.8, 4) is 0 Å². The number of hydrogen-bond acceptors (Lipinski definition) is 2. The highest BCUT2D eigenvalue weighted by Crippen LogP contribution is 2.27. The summed E-state index contributed by atoms with van der Waals surface area (Å²) in [5.41, 5.74) is 2.78. The van der Waals surface area contributed by atoms with Gasteiger partial charge in [-0.1, -0.05) is 18.2 Å². The average molecular weight is 308 g/mol. The molecule has 1 fully saturated rings. The first kappa shape index (κ1) is 14.1. The maximum absolute atomic E-state index is 13.1. The van der Waals surface area contributed by atoms with Crippen LogP contribution in [0.2, 0.25) is 0 Å². The van der Waals surface area contributed by atoms with E-state index in [1.165, 1.54) is 0 Å². The number of benzene rings is 1. The third kappa shape index (κ3) is 2.42. The van der Waals surface area contributed by atoms with Gasteiger partial charge in [0.2, 0.25) is 0 Å². The van der Waals surface area contributed by atoms with Gasteiger partial charge in [-0.3, -0.25) is 4.79 Å². The summed E-state index contributed by atoms with van der Waals surface area (Å²) in [6.07, 6.45) is 7.73. The number of aromatic nitrogens is 3. The first-order chi connectivity index (χ1) is 11.2. The largest absolute Gasteiger partial charge is 0.358 e. The lowest BCUT2D eigenvalue weighted by atomic mass is 10.0. The lowest BCUT2D eigenvalue weighted by Gasteiger charge is -2.33. The zero-order valence-corrected chi connectivity index (χ0v) is 13.2. The first-order valence-corrected chi connectivity index (χ1v) is 8.08. The lowest BCUT2D eigenvalue weighted by Crippen LogP contribution is -2.40. The highest BCUT2D eigenvalue weighted by molar-refractivity contribution is 6.08. The van der Waals surface area contributed by atoms with Gasteiger partial charge in [-0.25, -0.2) is 4.98 Å². The molecular weight excluding hydrogens is 288 g/mol. The van der Waals surface area contributed by atoms with Crippen LogP contribution in [-0.2, 0) is 0 Å². The van der Waals surface area contributed by atoms with Crippen LogP contribution in [0.1, 0.15) is 34.9 Å². The van der Waals surface area contributed by atoms with Gasteiger partial charge in [-0.05, 0) is 25.8 Å². The number of imidazole rings is 1. The molecule has 23 heavy (non-hydrogen) atoms. The number of piperidine rings is 1. The van der Waals surface area contributed by atoms with Crippen LogP contribution in [0.4, 0.5) is 0 Å². The van der Waals surface area contributed by atoms with E-state index >= 15 is 0 Å². The molecule has 0 radical (unpaired) electrons. The predicted octanol–water partition coefficient (Wildman–Crippen LogP) is 3.15. The first-order valence-electron chi connectivity index (χ1n) is 8.08. The molecule has 1 saturated heterocycles. The number of fused-ring (bicyclic) bond motifs is 1. The van der Waals surface area contributed by atoms with Crippen molar-refractivity contribution in [3.63, 3.8) is 0 Å². The summed E-state index contributed by atoms with van der Waals surface area (Å²) in [5, 5.41) is 1.01. The monoisotopic (exact) mass is 308 g/mol. The Morgan fingerprint density at radius 2 is 2.22 bits per heavy atom. The SMILES string of the molecule is Cc1[nH]c2ccccc2c1C(=O)N1CCC[C@H](n2ccnc2)C1. The lowest BCUT2D eigenvalue weighted by molar-refractivity contribution is 0.0680. The minimum absolute atomic E-state index is 0.129. The third-order valence-corrected chi connectivity index (χ3v) is 4.74. The topological polar surface area (TPSA) is 53.9 Å². The Labute approximate surface area is 134 Å². The molecule has 118 valence electrons. The van der Waals surface area contributed by atoms with Crippen LogP contribution in [0.3, 0.4) is 0 Å². The van der Waals surface area contributed by atoms with Crippen molar-refractivity contribution in [3.05, 3.63) is 54.2 Å². The van der Waals surface area contributed by atoms with Crippen molar-refractivity contribution in [2.45, 2.75) is 25.8 Å². The number of rotatable bonds is 2. The molecule has 1 aliphatic rings. The Kier molecular flexibility index (Phi) is 3.41. The number of nitrogens with one attached hydrogen (secondary N) is 1. The second kappa shape index (κ2) is 5.57. The fourth-order valence-corrected chi connectivity index (χ4v) is 3.58.